The molecule has 0 saturated heterocycles. The molecule has 0 radical (unpaired) electrons. The van der Waals surface area contributed by atoms with Gasteiger partial charge in [0.25, 0.3) is 0 Å². The quantitative estimate of drug-likeness (QED) is 0.601. The van der Waals surface area contributed by atoms with Gasteiger partial charge in [0.1, 0.15) is 0 Å². The van der Waals surface area contributed by atoms with Crippen molar-refractivity contribution in [1.82, 2.24) is 0 Å². The molecular weight excluding hydrogens is 378 g/mol. The van der Waals surface area contributed by atoms with Crippen molar-refractivity contribution in [2.75, 3.05) is 5.32 Å². The van der Waals surface area contributed by atoms with Crippen LogP contribution in [-0.2, 0) is 22.6 Å². The summed E-state index contributed by atoms with van der Waals surface area (Å²) in [7, 11) is 0. The van der Waals surface area contributed by atoms with Gasteiger partial charge in [0.2, 0.25) is 5.91 Å². The predicted octanol–water partition coefficient (Wildman–Crippen LogP) is 4.50. The summed E-state index contributed by atoms with van der Waals surface area (Å²) in [6.45, 7) is -0.00873. The number of carbonyl (C=O) groups excluding carboxylic acids is 1. The van der Waals surface area contributed by atoms with Crippen molar-refractivity contribution in [1.29, 1.82) is 0 Å². The molecule has 2 aromatic carbocycles. The number of amides is 1. The van der Waals surface area contributed by atoms with Crippen LogP contribution in [0.3, 0.4) is 0 Å². The number of nitrogens with one attached hydrogen (secondary N) is 1. The van der Waals surface area contributed by atoms with E-state index in [9.17, 15) is 19.8 Å². The van der Waals surface area contributed by atoms with Crippen molar-refractivity contribution in [2.24, 2.45) is 11.3 Å². The molecular formula is C25H29NO4. The van der Waals surface area contributed by atoms with Gasteiger partial charge in [-0.3, -0.25) is 9.59 Å². The number of aliphatic carboxylic acids is 1. The van der Waals surface area contributed by atoms with Crippen LogP contribution in [-0.4, -0.2) is 22.1 Å². The molecule has 3 N–H and O–H groups in total. The number of aliphatic hydroxyl groups excluding tert-OH is 1. The summed E-state index contributed by atoms with van der Waals surface area (Å²) >= 11 is 0. The van der Waals surface area contributed by atoms with E-state index in [0.29, 0.717) is 30.9 Å². The lowest BCUT2D eigenvalue weighted by atomic mass is 9.83. The summed E-state index contributed by atoms with van der Waals surface area (Å²) in [5.74, 6) is -0.660. The summed E-state index contributed by atoms with van der Waals surface area (Å²) in [4.78, 5) is 24.8. The molecule has 2 fully saturated rings. The van der Waals surface area contributed by atoms with Crippen molar-refractivity contribution < 1.29 is 19.8 Å². The van der Waals surface area contributed by atoms with Gasteiger partial charge in [-0.15, -0.1) is 0 Å². The van der Waals surface area contributed by atoms with Gasteiger partial charge in [-0.2, -0.15) is 0 Å². The maximum absolute atomic E-state index is 13.3. The number of aliphatic hydroxyl groups is 1. The van der Waals surface area contributed by atoms with Gasteiger partial charge < -0.3 is 15.5 Å². The second kappa shape index (κ2) is 8.60. The van der Waals surface area contributed by atoms with Crippen LogP contribution in [0.4, 0.5) is 5.69 Å². The SMILES string of the molecule is O=C(Nc1cccc(CC2(C(=O)O)CC2)c1)C(c1ccc(CO)cc1)C1CCCC1. The Morgan fingerprint density at radius 2 is 1.73 bits per heavy atom. The highest BCUT2D eigenvalue weighted by molar-refractivity contribution is 5.96. The van der Waals surface area contributed by atoms with E-state index < -0.39 is 11.4 Å². The van der Waals surface area contributed by atoms with Crippen LogP contribution < -0.4 is 5.32 Å². The molecule has 0 bridgehead atoms. The highest BCUT2D eigenvalue weighted by atomic mass is 16.4. The van der Waals surface area contributed by atoms with Gasteiger partial charge in [-0.05, 0) is 66.8 Å². The van der Waals surface area contributed by atoms with Crippen molar-refractivity contribution >= 4 is 17.6 Å². The average Bonchev–Trinajstić information content (AvgIpc) is 3.33. The first-order chi connectivity index (χ1) is 14.5. The highest BCUT2D eigenvalue weighted by Crippen LogP contribution is 2.48. The topological polar surface area (TPSA) is 86.6 Å². The highest BCUT2D eigenvalue weighted by Gasteiger charge is 2.49. The number of carboxylic acids is 1. The molecule has 1 unspecified atom stereocenters. The minimum absolute atomic E-state index is 0.00873. The van der Waals surface area contributed by atoms with Gasteiger partial charge in [-0.1, -0.05) is 49.2 Å². The normalized spacial score (nSPS) is 18.7. The van der Waals surface area contributed by atoms with E-state index in [0.717, 1.165) is 42.4 Å². The third-order valence-corrected chi connectivity index (χ3v) is 6.72. The van der Waals surface area contributed by atoms with Gasteiger partial charge in [-0.25, -0.2) is 0 Å². The molecule has 2 saturated carbocycles. The Labute approximate surface area is 177 Å². The van der Waals surface area contributed by atoms with E-state index in [1.807, 2.05) is 48.5 Å². The Hall–Kier alpha value is -2.66. The number of rotatable bonds is 8. The fraction of sp³-hybridized carbons (Fsp3) is 0.440. The van der Waals surface area contributed by atoms with E-state index in [1.165, 1.54) is 0 Å². The molecule has 158 valence electrons. The van der Waals surface area contributed by atoms with Crippen LogP contribution in [0.1, 0.15) is 61.1 Å². The molecule has 2 aliphatic rings. The Bertz CT molecular complexity index is 911. The van der Waals surface area contributed by atoms with Crippen molar-refractivity contribution in [3.05, 3.63) is 65.2 Å². The van der Waals surface area contributed by atoms with Crippen LogP contribution in [0, 0.1) is 11.3 Å². The van der Waals surface area contributed by atoms with Crippen LogP contribution in [0.5, 0.6) is 0 Å². The lowest BCUT2D eigenvalue weighted by Gasteiger charge is -2.23. The molecule has 1 amide bonds. The molecule has 2 aromatic rings. The summed E-state index contributed by atoms with van der Waals surface area (Å²) in [5, 5.41) is 21.8. The van der Waals surface area contributed by atoms with Crippen LogP contribution >= 0.6 is 0 Å². The largest absolute Gasteiger partial charge is 0.481 e. The first-order valence-electron chi connectivity index (χ1n) is 10.8. The zero-order valence-electron chi connectivity index (χ0n) is 17.1. The smallest absolute Gasteiger partial charge is 0.309 e. The third-order valence-electron chi connectivity index (χ3n) is 6.72. The number of anilines is 1. The standard InChI is InChI=1S/C25H29NO4/c27-16-17-8-10-20(11-9-17)22(19-5-1-2-6-19)23(28)26-21-7-3-4-18(14-21)15-25(12-13-25)24(29)30/h3-4,7-11,14,19,22,27H,1-2,5-6,12-13,15-16H2,(H,26,28)(H,29,30). The minimum atomic E-state index is -0.732. The van der Waals surface area contributed by atoms with Crippen molar-refractivity contribution in [3.63, 3.8) is 0 Å². The number of benzene rings is 2. The summed E-state index contributed by atoms with van der Waals surface area (Å²) in [5.41, 5.74) is 2.86. The van der Waals surface area contributed by atoms with Crippen molar-refractivity contribution in [2.45, 2.75) is 57.5 Å². The fourth-order valence-electron chi connectivity index (χ4n) is 4.75. The van der Waals surface area contributed by atoms with E-state index in [2.05, 4.69) is 5.32 Å². The average molecular weight is 408 g/mol. The zero-order chi connectivity index (χ0) is 21.1. The summed E-state index contributed by atoms with van der Waals surface area (Å²) < 4.78 is 0. The van der Waals surface area contributed by atoms with Gasteiger partial charge in [0.15, 0.2) is 0 Å². The Morgan fingerprint density at radius 1 is 1.03 bits per heavy atom. The fourth-order valence-corrected chi connectivity index (χ4v) is 4.75. The third kappa shape index (κ3) is 4.41. The predicted molar refractivity (Wildman–Crippen MR) is 115 cm³/mol. The molecule has 4 rings (SSSR count). The minimum Gasteiger partial charge on any atom is -0.481 e. The number of carboxylic acid groups (broad SMARTS) is 1. The molecule has 0 heterocycles. The first-order valence-corrected chi connectivity index (χ1v) is 10.8. The van der Waals surface area contributed by atoms with Gasteiger partial charge >= 0.3 is 5.97 Å². The molecule has 0 aromatic heterocycles. The van der Waals surface area contributed by atoms with Gasteiger partial charge in [0.05, 0.1) is 17.9 Å². The Kier molecular flexibility index (Phi) is 5.91. The lowest BCUT2D eigenvalue weighted by molar-refractivity contribution is -0.143. The molecule has 30 heavy (non-hydrogen) atoms. The number of hydrogen-bond donors (Lipinski definition) is 3. The molecule has 1 atom stereocenters. The van der Waals surface area contributed by atoms with Crippen LogP contribution in [0.25, 0.3) is 0 Å². The molecule has 5 nitrogen and oxygen atoms in total. The Balaban J connectivity index is 1.52. The summed E-state index contributed by atoms with van der Waals surface area (Å²) in [6, 6.07) is 15.2. The van der Waals surface area contributed by atoms with Crippen LogP contribution in [0.2, 0.25) is 0 Å². The van der Waals surface area contributed by atoms with Crippen molar-refractivity contribution in [3.8, 4) is 0 Å². The van der Waals surface area contributed by atoms with E-state index >= 15 is 0 Å². The van der Waals surface area contributed by atoms with E-state index in [1.54, 1.807) is 0 Å². The zero-order valence-corrected chi connectivity index (χ0v) is 17.1. The first kappa shape index (κ1) is 20.6. The molecule has 0 aliphatic heterocycles. The molecule has 5 heteroatoms. The Morgan fingerprint density at radius 3 is 2.33 bits per heavy atom. The summed E-state index contributed by atoms with van der Waals surface area (Å²) in [6.07, 6.45) is 6.31. The maximum atomic E-state index is 13.3. The number of carbonyl (C=O) groups is 2. The van der Waals surface area contributed by atoms with Crippen LogP contribution in [0.15, 0.2) is 48.5 Å². The molecule has 2 aliphatic carbocycles. The lowest BCUT2D eigenvalue weighted by Crippen LogP contribution is -2.26. The van der Waals surface area contributed by atoms with E-state index in [-0.39, 0.29) is 18.4 Å². The number of hydrogen-bond acceptors (Lipinski definition) is 3. The maximum Gasteiger partial charge on any atom is 0.309 e. The van der Waals surface area contributed by atoms with Gasteiger partial charge in [0, 0.05) is 5.69 Å². The second-order valence-corrected chi connectivity index (χ2v) is 8.87. The van der Waals surface area contributed by atoms with E-state index in [4.69, 9.17) is 0 Å². The monoisotopic (exact) mass is 407 g/mol. The molecule has 0 spiro atoms. The second-order valence-electron chi connectivity index (χ2n) is 8.87.